The first-order valence-corrected chi connectivity index (χ1v) is 13.1. The van der Waals surface area contributed by atoms with Gasteiger partial charge in [0.15, 0.2) is 0 Å². The largest absolute Gasteiger partial charge is 0.394 e. The van der Waals surface area contributed by atoms with E-state index in [0.717, 1.165) is 37.3 Å². The molecule has 3 fully saturated rings. The number of nitrogens with zero attached hydrogens (tertiary/aromatic N) is 5. The molecule has 12 nitrogen and oxygen atoms in total. The number of anilines is 1. The lowest BCUT2D eigenvalue weighted by Crippen LogP contribution is -2.60. The molecule has 3 aliphatic rings. The maximum absolute atomic E-state index is 12.8. The number of aliphatic hydroxyl groups excluding tert-OH is 1. The molecule has 1 aromatic carbocycles. The van der Waals surface area contributed by atoms with Crippen molar-refractivity contribution in [2.75, 3.05) is 57.7 Å². The molecule has 13 heteroatoms. The smallest absolute Gasteiger partial charge is 0.354 e. The van der Waals surface area contributed by atoms with Crippen molar-refractivity contribution in [3.05, 3.63) is 52.6 Å². The molecular weight excluding hydrogens is 524 g/mol. The van der Waals surface area contributed by atoms with Crippen LogP contribution in [0, 0.1) is 11.8 Å². The molecule has 212 valence electrons. The Hall–Kier alpha value is -3.03. The number of rotatable bonds is 7. The standard InChI is InChI=1S/C26H36N8O4.ClH/c1-26(28,16-35)23(36)32-9-11-33(12-10-32)24(37)29-21-6-8-34(25(38)30-21)18-4-2-3-17(13-18)5-7-31-14-19-20(15-31)22(19)27;/h2-4,6,8,13,19-20,22,35H,5,7,9-12,14-16,27-28H2,1H3,(H,29,30,37,38);1H/t19?,20?,22?,26-;/m0./s1. The van der Waals surface area contributed by atoms with E-state index in [1.54, 1.807) is 17.2 Å². The molecule has 1 aliphatic carbocycles. The van der Waals surface area contributed by atoms with Crippen LogP contribution in [0.15, 0.2) is 41.3 Å². The third-order valence-corrected chi connectivity index (χ3v) is 7.95. The molecule has 1 aromatic heterocycles. The van der Waals surface area contributed by atoms with Crippen LogP contribution in [0.5, 0.6) is 0 Å². The Morgan fingerprint density at radius 3 is 2.44 bits per heavy atom. The molecule has 39 heavy (non-hydrogen) atoms. The number of halogens is 1. The Morgan fingerprint density at radius 1 is 1.13 bits per heavy atom. The van der Waals surface area contributed by atoms with Crippen LogP contribution in [0.2, 0.25) is 0 Å². The zero-order valence-electron chi connectivity index (χ0n) is 22.0. The highest BCUT2D eigenvalue weighted by atomic mass is 35.5. The highest BCUT2D eigenvalue weighted by Crippen LogP contribution is 2.43. The van der Waals surface area contributed by atoms with Crippen LogP contribution in [0.3, 0.4) is 0 Å². The number of hydrogen-bond acceptors (Lipinski definition) is 8. The van der Waals surface area contributed by atoms with Crippen LogP contribution in [0.1, 0.15) is 12.5 Å². The molecule has 0 spiro atoms. The van der Waals surface area contributed by atoms with Gasteiger partial charge in [-0.3, -0.25) is 14.7 Å². The van der Waals surface area contributed by atoms with E-state index < -0.39 is 23.9 Å². The molecule has 2 saturated heterocycles. The van der Waals surface area contributed by atoms with Gasteiger partial charge in [-0.2, -0.15) is 4.98 Å². The summed E-state index contributed by atoms with van der Waals surface area (Å²) in [5.41, 5.74) is 11.9. The van der Waals surface area contributed by atoms with Crippen LogP contribution in [-0.4, -0.2) is 105 Å². The SMILES string of the molecule is C[C@](N)(CO)C(=O)N1CCN(C(=O)Nc2ccn(-c3cccc(CCN4CC5C(N)C5C4)c3)c(=O)n2)CC1.Cl. The number of nitrogens with two attached hydrogens (primary N) is 2. The molecule has 2 unspecified atom stereocenters. The third kappa shape index (κ3) is 6.25. The van der Waals surface area contributed by atoms with E-state index in [4.69, 9.17) is 11.5 Å². The monoisotopic (exact) mass is 560 g/mol. The first-order chi connectivity index (χ1) is 18.2. The van der Waals surface area contributed by atoms with E-state index in [1.807, 2.05) is 18.2 Å². The van der Waals surface area contributed by atoms with Crippen LogP contribution in [0.4, 0.5) is 10.6 Å². The predicted octanol–water partition coefficient (Wildman–Crippen LogP) is -0.528. The van der Waals surface area contributed by atoms with Crippen molar-refractivity contribution < 1.29 is 14.7 Å². The second-order valence-electron chi connectivity index (χ2n) is 10.8. The number of hydrogen-bond donors (Lipinski definition) is 4. The number of benzene rings is 1. The lowest BCUT2D eigenvalue weighted by Gasteiger charge is -2.37. The minimum atomic E-state index is -1.35. The number of aliphatic hydroxyl groups is 1. The van der Waals surface area contributed by atoms with Gasteiger partial charge in [-0.15, -0.1) is 12.4 Å². The number of piperidine rings is 1. The Morgan fingerprint density at radius 2 is 1.79 bits per heavy atom. The summed E-state index contributed by atoms with van der Waals surface area (Å²) in [4.78, 5) is 47.5. The molecule has 3 heterocycles. The zero-order valence-corrected chi connectivity index (χ0v) is 22.8. The van der Waals surface area contributed by atoms with E-state index in [0.29, 0.717) is 44.1 Å². The van der Waals surface area contributed by atoms with Crippen molar-refractivity contribution in [3.63, 3.8) is 0 Å². The average Bonchev–Trinajstić information content (AvgIpc) is 3.30. The van der Waals surface area contributed by atoms with E-state index in [1.165, 1.54) is 16.4 Å². The van der Waals surface area contributed by atoms with Gasteiger partial charge < -0.3 is 31.3 Å². The average molecular weight is 561 g/mol. The number of nitrogens with one attached hydrogen (secondary N) is 1. The Bertz CT molecular complexity index is 1250. The van der Waals surface area contributed by atoms with Crippen molar-refractivity contribution in [1.82, 2.24) is 24.3 Å². The molecular formula is C26H37ClN8O4. The van der Waals surface area contributed by atoms with Gasteiger partial charge in [-0.05, 0) is 48.9 Å². The number of carbonyl (C=O) groups excluding carboxylic acids is 2. The summed E-state index contributed by atoms with van der Waals surface area (Å²) in [5.74, 6) is 1.13. The van der Waals surface area contributed by atoms with Gasteiger partial charge in [-0.25, -0.2) is 9.59 Å². The molecule has 0 radical (unpaired) electrons. The molecule has 5 rings (SSSR count). The van der Waals surface area contributed by atoms with Crippen molar-refractivity contribution in [2.24, 2.45) is 23.3 Å². The van der Waals surface area contributed by atoms with Crippen LogP contribution in [0.25, 0.3) is 5.69 Å². The number of fused-ring (bicyclic) bond motifs is 1. The lowest BCUT2D eigenvalue weighted by molar-refractivity contribution is -0.139. The quantitative estimate of drug-likeness (QED) is 0.351. The number of carbonyl (C=O) groups is 2. The van der Waals surface area contributed by atoms with Gasteiger partial charge in [0.25, 0.3) is 0 Å². The number of likely N-dealkylation sites (tertiary alicyclic amines) is 1. The lowest BCUT2D eigenvalue weighted by atomic mass is 10.0. The molecule has 6 N–H and O–H groups in total. The van der Waals surface area contributed by atoms with Crippen molar-refractivity contribution in [3.8, 4) is 5.69 Å². The number of piperazine rings is 1. The number of urea groups is 1. The molecule has 1 saturated carbocycles. The second-order valence-corrected chi connectivity index (χ2v) is 10.8. The van der Waals surface area contributed by atoms with Crippen molar-refractivity contribution in [2.45, 2.75) is 24.9 Å². The van der Waals surface area contributed by atoms with E-state index in [9.17, 15) is 19.5 Å². The van der Waals surface area contributed by atoms with Crippen LogP contribution < -0.4 is 22.5 Å². The van der Waals surface area contributed by atoms with Gasteiger partial charge in [-0.1, -0.05) is 12.1 Å². The van der Waals surface area contributed by atoms with Crippen LogP contribution >= 0.6 is 12.4 Å². The van der Waals surface area contributed by atoms with Gasteiger partial charge in [0.05, 0.1) is 12.3 Å². The number of amides is 3. The van der Waals surface area contributed by atoms with Gasteiger partial charge in [0.2, 0.25) is 5.91 Å². The van der Waals surface area contributed by atoms with Crippen LogP contribution in [-0.2, 0) is 11.2 Å². The second kappa shape index (κ2) is 11.6. The normalized spacial score (nSPS) is 23.9. The van der Waals surface area contributed by atoms with Crippen molar-refractivity contribution in [1.29, 1.82) is 0 Å². The minimum Gasteiger partial charge on any atom is -0.394 e. The Balaban J connectivity index is 0.00000353. The zero-order chi connectivity index (χ0) is 27.0. The highest BCUT2D eigenvalue weighted by Gasteiger charge is 2.53. The van der Waals surface area contributed by atoms with E-state index >= 15 is 0 Å². The summed E-state index contributed by atoms with van der Waals surface area (Å²) in [7, 11) is 0. The minimum absolute atomic E-state index is 0. The number of aromatic nitrogens is 2. The Kier molecular flexibility index (Phi) is 8.62. The van der Waals surface area contributed by atoms with E-state index in [2.05, 4.69) is 21.3 Å². The first kappa shape index (κ1) is 29.0. The maximum atomic E-state index is 12.8. The fourth-order valence-electron chi connectivity index (χ4n) is 5.39. The van der Waals surface area contributed by atoms with Gasteiger partial charge >= 0.3 is 11.7 Å². The van der Waals surface area contributed by atoms with Crippen molar-refractivity contribution >= 4 is 30.2 Å². The molecule has 3 amide bonds. The summed E-state index contributed by atoms with van der Waals surface area (Å²) in [6.07, 6.45) is 2.50. The van der Waals surface area contributed by atoms with E-state index in [-0.39, 0.29) is 24.1 Å². The maximum Gasteiger partial charge on any atom is 0.354 e. The predicted molar refractivity (Wildman–Crippen MR) is 149 cm³/mol. The summed E-state index contributed by atoms with van der Waals surface area (Å²) in [6.45, 7) is 5.35. The summed E-state index contributed by atoms with van der Waals surface area (Å²) in [6, 6.07) is 9.43. The molecule has 2 aromatic rings. The third-order valence-electron chi connectivity index (χ3n) is 7.95. The first-order valence-electron chi connectivity index (χ1n) is 13.1. The molecule has 3 atom stereocenters. The summed E-state index contributed by atoms with van der Waals surface area (Å²) < 4.78 is 1.46. The summed E-state index contributed by atoms with van der Waals surface area (Å²) >= 11 is 0. The Labute approximate surface area is 233 Å². The topological polar surface area (TPSA) is 163 Å². The molecule has 2 aliphatic heterocycles. The fourth-order valence-corrected chi connectivity index (χ4v) is 5.39. The van der Waals surface area contributed by atoms with Gasteiger partial charge in [0.1, 0.15) is 11.4 Å². The van der Waals surface area contributed by atoms with Gasteiger partial charge in [0, 0.05) is 58.1 Å². The fraction of sp³-hybridized carbons (Fsp3) is 0.538. The highest BCUT2D eigenvalue weighted by molar-refractivity contribution is 5.89. The molecule has 0 bridgehead atoms. The summed E-state index contributed by atoms with van der Waals surface area (Å²) in [5, 5.41) is 12.0.